The third-order valence-corrected chi connectivity index (χ3v) is 3.93. The second-order valence-electron chi connectivity index (χ2n) is 6.06. The van der Waals surface area contributed by atoms with Crippen molar-refractivity contribution in [3.8, 4) is 0 Å². The first-order valence-corrected chi connectivity index (χ1v) is 8.57. The van der Waals surface area contributed by atoms with Crippen LogP contribution in [-0.2, 0) is 11.3 Å². The lowest BCUT2D eigenvalue weighted by molar-refractivity contribution is -0.117. The Morgan fingerprint density at radius 3 is 2.37 bits per heavy atom. The quantitative estimate of drug-likeness (QED) is 0.659. The van der Waals surface area contributed by atoms with Crippen LogP contribution in [0.25, 0.3) is 6.08 Å². The Labute approximate surface area is 157 Å². The van der Waals surface area contributed by atoms with Crippen LogP contribution in [-0.4, -0.2) is 11.8 Å². The molecule has 2 aromatic carbocycles. The van der Waals surface area contributed by atoms with Crippen LogP contribution in [0.5, 0.6) is 0 Å². The van der Waals surface area contributed by atoms with E-state index in [9.17, 15) is 9.59 Å². The lowest BCUT2D eigenvalue weighted by Crippen LogP contribution is -2.34. The van der Waals surface area contributed by atoms with Crippen molar-refractivity contribution in [3.63, 3.8) is 0 Å². The highest BCUT2D eigenvalue weighted by atomic mass is 16.3. The SMILES string of the molecule is Cc1ccc(C(=O)N/C(=C\c2ccco2)C(=O)NCc2ccccc2)cc1. The monoisotopic (exact) mass is 360 g/mol. The second kappa shape index (κ2) is 8.67. The van der Waals surface area contributed by atoms with E-state index in [1.807, 2.05) is 49.4 Å². The molecule has 3 aromatic rings. The molecule has 5 nitrogen and oxygen atoms in total. The Morgan fingerprint density at radius 1 is 0.963 bits per heavy atom. The first kappa shape index (κ1) is 18.2. The highest BCUT2D eigenvalue weighted by Crippen LogP contribution is 2.09. The minimum Gasteiger partial charge on any atom is -0.465 e. The van der Waals surface area contributed by atoms with Gasteiger partial charge in [-0.25, -0.2) is 0 Å². The van der Waals surface area contributed by atoms with E-state index in [4.69, 9.17) is 4.42 Å². The van der Waals surface area contributed by atoms with E-state index in [1.54, 1.807) is 24.3 Å². The fraction of sp³-hybridized carbons (Fsp3) is 0.0909. The molecule has 3 rings (SSSR count). The molecule has 0 fully saturated rings. The lowest BCUT2D eigenvalue weighted by Gasteiger charge is -2.11. The number of rotatable bonds is 6. The van der Waals surface area contributed by atoms with Gasteiger partial charge < -0.3 is 15.1 Å². The van der Waals surface area contributed by atoms with Gasteiger partial charge in [0.05, 0.1) is 6.26 Å². The number of benzene rings is 2. The van der Waals surface area contributed by atoms with E-state index in [2.05, 4.69) is 10.6 Å². The topological polar surface area (TPSA) is 71.3 Å². The number of aryl methyl sites for hydroxylation is 1. The third kappa shape index (κ3) is 5.19. The highest BCUT2D eigenvalue weighted by Gasteiger charge is 2.15. The molecule has 0 aliphatic rings. The number of carbonyl (C=O) groups is 2. The molecule has 136 valence electrons. The maximum absolute atomic E-state index is 12.6. The fourth-order valence-electron chi connectivity index (χ4n) is 2.45. The summed E-state index contributed by atoms with van der Waals surface area (Å²) in [4.78, 5) is 25.1. The summed E-state index contributed by atoms with van der Waals surface area (Å²) in [5.74, 6) is -0.276. The minimum atomic E-state index is -0.393. The largest absolute Gasteiger partial charge is 0.465 e. The molecule has 0 unspecified atom stereocenters. The smallest absolute Gasteiger partial charge is 0.268 e. The van der Waals surface area contributed by atoms with Crippen molar-refractivity contribution in [1.29, 1.82) is 0 Å². The summed E-state index contributed by atoms with van der Waals surface area (Å²) in [5, 5.41) is 5.49. The van der Waals surface area contributed by atoms with Crippen molar-refractivity contribution in [2.45, 2.75) is 13.5 Å². The van der Waals surface area contributed by atoms with Crippen molar-refractivity contribution in [2.75, 3.05) is 0 Å². The van der Waals surface area contributed by atoms with E-state index in [-0.39, 0.29) is 11.6 Å². The summed E-state index contributed by atoms with van der Waals surface area (Å²) < 4.78 is 5.27. The average molecular weight is 360 g/mol. The van der Waals surface area contributed by atoms with Crippen molar-refractivity contribution < 1.29 is 14.0 Å². The van der Waals surface area contributed by atoms with E-state index in [0.717, 1.165) is 11.1 Å². The van der Waals surface area contributed by atoms with Gasteiger partial charge in [-0.3, -0.25) is 9.59 Å². The second-order valence-corrected chi connectivity index (χ2v) is 6.06. The highest BCUT2D eigenvalue weighted by molar-refractivity contribution is 6.05. The molecular formula is C22H20N2O3. The Hall–Kier alpha value is -3.60. The third-order valence-electron chi connectivity index (χ3n) is 3.93. The zero-order valence-electron chi connectivity index (χ0n) is 14.9. The van der Waals surface area contributed by atoms with Crippen LogP contribution in [0.1, 0.15) is 27.2 Å². The maximum atomic E-state index is 12.6. The molecular weight excluding hydrogens is 340 g/mol. The normalized spacial score (nSPS) is 11.1. The molecule has 0 bridgehead atoms. The molecule has 0 aliphatic carbocycles. The summed E-state index contributed by atoms with van der Waals surface area (Å²) in [7, 11) is 0. The summed E-state index contributed by atoms with van der Waals surface area (Å²) in [6.07, 6.45) is 3.01. The molecule has 0 atom stereocenters. The Bertz CT molecular complexity index is 927. The van der Waals surface area contributed by atoms with Crippen LogP contribution in [0, 0.1) is 6.92 Å². The van der Waals surface area contributed by atoms with Crippen LogP contribution in [0.4, 0.5) is 0 Å². The molecule has 0 spiro atoms. The molecule has 0 radical (unpaired) electrons. The molecule has 1 aromatic heterocycles. The fourth-order valence-corrected chi connectivity index (χ4v) is 2.45. The predicted molar refractivity (Wildman–Crippen MR) is 104 cm³/mol. The van der Waals surface area contributed by atoms with E-state index < -0.39 is 5.91 Å². The van der Waals surface area contributed by atoms with E-state index >= 15 is 0 Å². The minimum absolute atomic E-state index is 0.117. The molecule has 5 heteroatoms. The van der Waals surface area contributed by atoms with Crippen molar-refractivity contribution in [2.24, 2.45) is 0 Å². The maximum Gasteiger partial charge on any atom is 0.268 e. The zero-order chi connectivity index (χ0) is 19.1. The van der Waals surface area contributed by atoms with Crippen LogP contribution in [0.15, 0.2) is 83.1 Å². The van der Waals surface area contributed by atoms with Crippen LogP contribution < -0.4 is 10.6 Å². The van der Waals surface area contributed by atoms with Crippen LogP contribution in [0.3, 0.4) is 0 Å². The van der Waals surface area contributed by atoms with Crippen LogP contribution >= 0.6 is 0 Å². The summed E-state index contributed by atoms with van der Waals surface area (Å²) in [6, 6.07) is 20.1. The summed E-state index contributed by atoms with van der Waals surface area (Å²) >= 11 is 0. The molecule has 0 aliphatic heterocycles. The molecule has 1 heterocycles. The average Bonchev–Trinajstić information content (AvgIpc) is 3.20. The van der Waals surface area contributed by atoms with Gasteiger partial charge in [-0.1, -0.05) is 48.0 Å². The van der Waals surface area contributed by atoms with Gasteiger partial charge in [-0.2, -0.15) is 0 Å². The van der Waals surface area contributed by atoms with Gasteiger partial charge in [-0.05, 0) is 36.8 Å². The van der Waals surface area contributed by atoms with Gasteiger partial charge >= 0.3 is 0 Å². The van der Waals surface area contributed by atoms with E-state index in [1.165, 1.54) is 12.3 Å². The first-order valence-electron chi connectivity index (χ1n) is 8.57. The number of hydrogen-bond donors (Lipinski definition) is 2. The Kier molecular flexibility index (Phi) is 5.84. The molecule has 2 amide bonds. The lowest BCUT2D eigenvalue weighted by atomic mass is 10.1. The van der Waals surface area contributed by atoms with Crippen molar-refractivity contribution in [1.82, 2.24) is 10.6 Å². The Balaban J connectivity index is 1.75. The van der Waals surface area contributed by atoms with Gasteiger partial charge in [0.2, 0.25) is 0 Å². The molecule has 27 heavy (non-hydrogen) atoms. The van der Waals surface area contributed by atoms with Gasteiger partial charge in [0.1, 0.15) is 11.5 Å². The predicted octanol–water partition coefficient (Wildman–Crippen LogP) is 3.68. The Morgan fingerprint density at radius 2 is 1.70 bits per heavy atom. The standard InChI is InChI=1S/C22H20N2O3/c1-16-9-11-18(12-10-16)21(25)24-20(14-19-8-5-13-27-19)22(26)23-15-17-6-3-2-4-7-17/h2-14H,15H2,1H3,(H,23,26)(H,24,25)/b20-14-. The first-order chi connectivity index (χ1) is 13.1. The van der Waals surface area contributed by atoms with Crippen molar-refractivity contribution >= 4 is 17.9 Å². The molecule has 2 N–H and O–H groups in total. The number of amides is 2. The van der Waals surface area contributed by atoms with Gasteiger partial charge in [0.15, 0.2) is 0 Å². The number of carbonyl (C=O) groups excluding carboxylic acids is 2. The van der Waals surface area contributed by atoms with Gasteiger partial charge in [-0.15, -0.1) is 0 Å². The molecule has 0 saturated carbocycles. The number of nitrogens with one attached hydrogen (secondary N) is 2. The number of hydrogen-bond acceptors (Lipinski definition) is 3. The van der Waals surface area contributed by atoms with Crippen LogP contribution in [0.2, 0.25) is 0 Å². The zero-order valence-corrected chi connectivity index (χ0v) is 14.9. The van der Waals surface area contributed by atoms with Gasteiger partial charge in [0.25, 0.3) is 11.8 Å². The summed E-state index contributed by atoms with van der Waals surface area (Å²) in [5.41, 5.74) is 2.61. The summed E-state index contributed by atoms with van der Waals surface area (Å²) in [6.45, 7) is 2.30. The van der Waals surface area contributed by atoms with E-state index in [0.29, 0.717) is 17.9 Å². The molecule has 0 saturated heterocycles. The van der Waals surface area contributed by atoms with Crippen molar-refractivity contribution in [3.05, 3.63) is 101 Å². The van der Waals surface area contributed by atoms with Gasteiger partial charge in [0, 0.05) is 18.2 Å². The number of furan rings is 1.